The zero-order valence-electron chi connectivity index (χ0n) is 6.46. The van der Waals surface area contributed by atoms with Crippen molar-refractivity contribution in [2.75, 3.05) is 0 Å². The Labute approximate surface area is 90.1 Å². The quantitative estimate of drug-likeness (QED) is 0.420. The molecule has 0 radical (unpaired) electrons. The molecule has 0 amide bonds. The first kappa shape index (κ1) is 18.0. The SMILES string of the molecule is N.[H-].[Na+].[O]=[Cr](=[O])([OH])[O][Cr](=[O])(=[O])[OH]. The van der Waals surface area contributed by atoms with Gasteiger partial charge in [-0.3, -0.25) is 0 Å². The number of rotatable bonds is 2. The fourth-order valence-electron chi connectivity index (χ4n) is 0.109. The van der Waals surface area contributed by atoms with Crippen molar-refractivity contribution in [3.05, 3.63) is 0 Å². The molecule has 0 fully saturated rings. The van der Waals surface area contributed by atoms with Crippen LogP contribution >= 0.6 is 0 Å². The Hall–Kier alpha value is 1.10. The topological polar surface area (TPSA) is 153 Å². The van der Waals surface area contributed by atoms with Crippen molar-refractivity contribution in [2.45, 2.75) is 0 Å². The molecule has 0 rings (SSSR count). The zero-order chi connectivity index (χ0) is 7.71. The summed E-state index contributed by atoms with van der Waals surface area (Å²) in [6.45, 7) is 0. The van der Waals surface area contributed by atoms with E-state index < -0.39 is 27.2 Å². The van der Waals surface area contributed by atoms with Crippen molar-refractivity contribution >= 4 is 0 Å². The van der Waals surface area contributed by atoms with E-state index in [1.807, 2.05) is 0 Å². The molecule has 0 aromatic rings. The molecule has 0 aromatic carbocycles. The van der Waals surface area contributed by atoms with E-state index in [1.54, 1.807) is 0 Å². The van der Waals surface area contributed by atoms with Crippen LogP contribution in [0, 0.1) is 0 Å². The summed E-state index contributed by atoms with van der Waals surface area (Å²) in [5, 5.41) is 0. The summed E-state index contributed by atoms with van der Waals surface area (Å²) in [5.74, 6) is 0. The predicted octanol–water partition coefficient (Wildman–Crippen LogP) is -4.38. The Kier molecular flexibility index (Phi) is 9.33. The van der Waals surface area contributed by atoms with Crippen molar-refractivity contribution in [1.82, 2.24) is 6.15 Å². The fourth-order valence-corrected chi connectivity index (χ4v) is 1.85. The maximum absolute atomic E-state index is 9.53. The van der Waals surface area contributed by atoms with Gasteiger partial charge in [-0.05, 0) is 0 Å². The van der Waals surface area contributed by atoms with Crippen molar-refractivity contribution < 1.29 is 84.6 Å². The maximum atomic E-state index is 9.53. The second-order valence-corrected chi connectivity index (χ2v) is 4.68. The van der Waals surface area contributed by atoms with Crippen LogP contribution in [0.3, 0.4) is 0 Å². The second kappa shape index (κ2) is 5.70. The molecule has 11 heteroatoms. The summed E-state index contributed by atoms with van der Waals surface area (Å²) in [6.07, 6.45) is 0. The number of hydrogen-bond donors (Lipinski definition) is 3. The summed E-state index contributed by atoms with van der Waals surface area (Å²) in [7, 11) is 0. The molecular formula is H6Cr2NNaO7. The van der Waals surface area contributed by atoms with E-state index in [0.717, 1.165) is 0 Å². The Bertz CT molecular complexity index is 247. The van der Waals surface area contributed by atoms with E-state index >= 15 is 0 Å². The van der Waals surface area contributed by atoms with Gasteiger partial charge in [0, 0.05) is 0 Å². The third kappa shape index (κ3) is 18.2. The molecule has 0 saturated carbocycles. The molecule has 11 heavy (non-hydrogen) atoms. The molecule has 0 aliphatic carbocycles. The second-order valence-electron chi connectivity index (χ2n) is 0.924. The van der Waals surface area contributed by atoms with Crippen LogP contribution in [-0.2, 0) is 45.3 Å². The molecule has 0 atom stereocenters. The summed E-state index contributed by atoms with van der Waals surface area (Å²) >= 11 is -11.5. The molecule has 0 spiro atoms. The molecule has 0 aromatic heterocycles. The molecule has 8 nitrogen and oxygen atoms in total. The van der Waals surface area contributed by atoms with Crippen LogP contribution in [0.1, 0.15) is 1.43 Å². The fraction of sp³-hybridized carbons (Fsp3) is 0. The van der Waals surface area contributed by atoms with Crippen LogP contribution in [0.2, 0.25) is 0 Å². The van der Waals surface area contributed by atoms with Gasteiger partial charge in [0.2, 0.25) is 0 Å². The summed E-state index contributed by atoms with van der Waals surface area (Å²) in [4.78, 5) is 0. The Morgan fingerprint density at radius 1 is 1.00 bits per heavy atom. The van der Waals surface area contributed by atoms with Gasteiger partial charge in [-0.2, -0.15) is 0 Å². The van der Waals surface area contributed by atoms with Gasteiger partial charge >= 0.3 is 83.2 Å². The molecule has 0 unspecified atom stereocenters. The van der Waals surface area contributed by atoms with E-state index in [2.05, 4.69) is 2.84 Å². The predicted molar refractivity (Wildman–Crippen MR) is 14.4 cm³/mol. The number of hydrogen-bond acceptors (Lipinski definition) is 6. The van der Waals surface area contributed by atoms with Crippen LogP contribution in [0.5, 0.6) is 0 Å². The van der Waals surface area contributed by atoms with E-state index in [4.69, 9.17) is 8.32 Å². The average Bonchev–Trinajstić information content (AvgIpc) is 1.14. The first-order valence-corrected chi connectivity index (χ1v) is 5.63. The van der Waals surface area contributed by atoms with Gasteiger partial charge in [0.25, 0.3) is 0 Å². The third-order valence-corrected chi connectivity index (χ3v) is 2.92. The Balaban J connectivity index is -0.000000107. The summed E-state index contributed by atoms with van der Waals surface area (Å²) < 4.78 is 56.3. The van der Waals surface area contributed by atoms with Gasteiger partial charge in [0.1, 0.15) is 0 Å². The normalized spacial score (nSPS) is 11.1. The first-order chi connectivity index (χ1) is 3.71. The van der Waals surface area contributed by atoms with E-state index in [0.29, 0.717) is 0 Å². The van der Waals surface area contributed by atoms with Gasteiger partial charge in [0.05, 0.1) is 0 Å². The van der Waals surface area contributed by atoms with Crippen molar-refractivity contribution in [1.29, 1.82) is 0 Å². The van der Waals surface area contributed by atoms with Crippen LogP contribution in [0.4, 0.5) is 0 Å². The molecular weight excluding hydrogens is 253 g/mol. The molecule has 0 aliphatic heterocycles. The van der Waals surface area contributed by atoms with Gasteiger partial charge in [-0.1, -0.05) is 0 Å². The molecule has 5 N–H and O–H groups in total. The third-order valence-electron chi connectivity index (χ3n) is 0.172. The molecule has 0 bridgehead atoms. The van der Waals surface area contributed by atoms with Gasteiger partial charge in [0.15, 0.2) is 0 Å². The van der Waals surface area contributed by atoms with E-state index in [-0.39, 0.29) is 37.1 Å². The minimum atomic E-state index is -5.76. The van der Waals surface area contributed by atoms with E-state index in [9.17, 15) is 15.2 Å². The van der Waals surface area contributed by atoms with Gasteiger partial charge in [-0.25, -0.2) is 0 Å². The molecule has 0 aliphatic rings. The Morgan fingerprint density at radius 2 is 1.18 bits per heavy atom. The van der Waals surface area contributed by atoms with Crippen LogP contribution < -0.4 is 35.7 Å². The van der Waals surface area contributed by atoms with Crippen molar-refractivity contribution in [2.24, 2.45) is 0 Å². The van der Waals surface area contributed by atoms with Gasteiger partial charge in [-0.15, -0.1) is 0 Å². The summed E-state index contributed by atoms with van der Waals surface area (Å²) in [5.41, 5.74) is 0. The standard InChI is InChI=1S/2Cr.H3N.Na.2H2O.5O.H/h;;1H3;;2*1H2;;;;;;/q2*+1;;+1;;;;;;;;-1/p-2. The van der Waals surface area contributed by atoms with Crippen molar-refractivity contribution in [3.63, 3.8) is 0 Å². The monoisotopic (exact) mass is 259 g/mol. The first-order valence-electron chi connectivity index (χ1n) is 1.37. The Morgan fingerprint density at radius 3 is 1.18 bits per heavy atom. The molecule has 66 valence electrons. The zero-order valence-corrected chi connectivity index (χ0v) is 10.0. The average molecular weight is 259 g/mol. The van der Waals surface area contributed by atoms with Crippen molar-refractivity contribution in [3.8, 4) is 0 Å². The minimum absolute atomic E-state index is 0. The van der Waals surface area contributed by atoms with Crippen LogP contribution in [0.25, 0.3) is 0 Å². The van der Waals surface area contributed by atoms with Crippen LogP contribution in [0.15, 0.2) is 0 Å². The molecule has 0 heterocycles. The van der Waals surface area contributed by atoms with E-state index in [1.165, 1.54) is 0 Å². The van der Waals surface area contributed by atoms with Gasteiger partial charge < -0.3 is 7.58 Å². The van der Waals surface area contributed by atoms with Crippen LogP contribution in [-0.4, -0.2) is 8.32 Å². The molecule has 0 saturated heterocycles. The summed E-state index contributed by atoms with van der Waals surface area (Å²) in [6, 6.07) is 0.